The maximum atomic E-state index is 10.4. The number of aromatic carboxylic acids is 1. The van der Waals surface area contributed by atoms with Crippen LogP contribution in [0.5, 0.6) is 0 Å². The molecule has 0 aromatic carbocycles. The van der Waals surface area contributed by atoms with Gasteiger partial charge in [-0.1, -0.05) is 11.8 Å². The molecule has 5 heteroatoms. The third kappa shape index (κ3) is 2.68. The van der Waals surface area contributed by atoms with E-state index in [1.54, 1.807) is 0 Å². The maximum absolute atomic E-state index is 10.4. The molecule has 0 unspecified atom stereocenters. The molecule has 1 heterocycles. The topological polar surface area (TPSA) is 96.2 Å². The summed E-state index contributed by atoms with van der Waals surface area (Å²) in [5, 5.41) is 8.56. The van der Waals surface area contributed by atoms with Gasteiger partial charge in [0.25, 0.3) is 0 Å². The fourth-order valence-corrected chi connectivity index (χ4v) is 0.823. The van der Waals surface area contributed by atoms with Crippen LogP contribution in [0.2, 0.25) is 0 Å². The third-order valence-electron chi connectivity index (χ3n) is 1.41. The number of carboxylic acid groups (broad SMARTS) is 1. The van der Waals surface area contributed by atoms with Crippen LogP contribution in [-0.4, -0.2) is 22.0 Å². The third-order valence-corrected chi connectivity index (χ3v) is 1.41. The molecule has 0 atom stereocenters. The predicted octanol–water partition coefficient (Wildman–Crippen LogP) is -0.0602. The van der Waals surface area contributed by atoms with Crippen molar-refractivity contribution in [3.63, 3.8) is 0 Å². The number of carbonyl (C=O) groups is 2. The van der Waals surface area contributed by atoms with E-state index in [2.05, 4.69) is 16.8 Å². The van der Waals surface area contributed by atoms with Crippen molar-refractivity contribution in [1.29, 1.82) is 0 Å². The Morgan fingerprint density at radius 3 is 2.79 bits per heavy atom. The van der Waals surface area contributed by atoms with E-state index >= 15 is 0 Å². The number of nitrogens with two attached hydrogens (primary N) is 1. The van der Waals surface area contributed by atoms with Crippen LogP contribution in [0.15, 0.2) is 12.3 Å². The summed E-state index contributed by atoms with van der Waals surface area (Å²) in [7, 11) is 0. The SMILES string of the molecule is NC(=O)CC#Cc1c[nH]c(C(=O)O)c1. The van der Waals surface area contributed by atoms with E-state index in [1.165, 1.54) is 12.3 Å². The predicted molar refractivity (Wildman–Crippen MR) is 48.4 cm³/mol. The second-order valence-electron chi connectivity index (χ2n) is 2.55. The second kappa shape index (κ2) is 4.14. The molecule has 0 fully saturated rings. The molecule has 1 amide bonds. The van der Waals surface area contributed by atoms with Gasteiger partial charge in [0.05, 0.1) is 6.42 Å². The van der Waals surface area contributed by atoms with Gasteiger partial charge in [0.1, 0.15) is 5.69 Å². The van der Waals surface area contributed by atoms with Gasteiger partial charge in [-0.05, 0) is 6.07 Å². The van der Waals surface area contributed by atoms with Crippen LogP contribution < -0.4 is 5.73 Å². The average Bonchev–Trinajstić information content (AvgIpc) is 2.52. The molecule has 1 aromatic heterocycles. The van der Waals surface area contributed by atoms with Gasteiger partial charge < -0.3 is 15.8 Å². The zero-order valence-corrected chi connectivity index (χ0v) is 7.20. The number of H-pyrrole nitrogens is 1. The van der Waals surface area contributed by atoms with Crippen LogP contribution in [0.4, 0.5) is 0 Å². The van der Waals surface area contributed by atoms with Gasteiger partial charge in [-0.25, -0.2) is 4.79 Å². The largest absolute Gasteiger partial charge is 0.477 e. The van der Waals surface area contributed by atoms with Crippen molar-refractivity contribution in [2.45, 2.75) is 6.42 Å². The summed E-state index contributed by atoms with van der Waals surface area (Å²) in [6.45, 7) is 0. The van der Waals surface area contributed by atoms with Crippen molar-refractivity contribution in [3.8, 4) is 11.8 Å². The highest BCUT2D eigenvalue weighted by molar-refractivity contribution is 5.86. The molecule has 1 aromatic rings. The first-order valence-electron chi connectivity index (χ1n) is 3.78. The first kappa shape index (κ1) is 9.86. The van der Waals surface area contributed by atoms with Crippen molar-refractivity contribution in [2.75, 3.05) is 0 Å². The fraction of sp³-hybridized carbons (Fsp3) is 0.111. The van der Waals surface area contributed by atoms with Crippen LogP contribution in [0.1, 0.15) is 22.5 Å². The molecule has 0 spiro atoms. The number of aromatic nitrogens is 1. The summed E-state index contributed by atoms with van der Waals surface area (Å²) in [5.41, 5.74) is 5.45. The molecule has 4 N–H and O–H groups in total. The van der Waals surface area contributed by atoms with E-state index < -0.39 is 11.9 Å². The molecular weight excluding hydrogens is 184 g/mol. The molecule has 0 aliphatic heterocycles. The Morgan fingerprint density at radius 2 is 2.29 bits per heavy atom. The van der Waals surface area contributed by atoms with Crippen molar-refractivity contribution in [1.82, 2.24) is 4.98 Å². The van der Waals surface area contributed by atoms with E-state index in [9.17, 15) is 9.59 Å². The van der Waals surface area contributed by atoms with Crippen LogP contribution in [-0.2, 0) is 4.79 Å². The number of rotatable bonds is 2. The zero-order valence-electron chi connectivity index (χ0n) is 7.20. The molecule has 72 valence electrons. The van der Waals surface area contributed by atoms with Gasteiger partial charge in [-0.15, -0.1) is 0 Å². The molecule has 1 rings (SSSR count). The van der Waals surface area contributed by atoms with E-state index in [1.807, 2.05) is 0 Å². The van der Waals surface area contributed by atoms with E-state index in [0.717, 1.165) is 0 Å². The molecule has 0 saturated carbocycles. The van der Waals surface area contributed by atoms with Gasteiger partial charge in [0.15, 0.2) is 0 Å². The summed E-state index contributed by atoms with van der Waals surface area (Å²) >= 11 is 0. The molecule has 0 aliphatic carbocycles. The molecule has 0 saturated heterocycles. The van der Waals surface area contributed by atoms with Gasteiger partial charge in [0, 0.05) is 11.8 Å². The lowest BCUT2D eigenvalue weighted by Crippen LogP contribution is -2.08. The monoisotopic (exact) mass is 192 g/mol. The Hall–Kier alpha value is -2.22. The number of hydrogen-bond acceptors (Lipinski definition) is 2. The van der Waals surface area contributed by atoms with Crippen LogP contribution in [0, 0.1) is 11.8 Å². The molecule has 0 radical (unpaired) electrons. The normalized spacial score (nSPS) is 8.86. The van der Waals surface area contributed by atoms with Crippen LogP contribution in [0.3, 0.4) is 0 Å². The minimum Gasteiger partial charge on any atom is -0.477 e. The summed E-state index contributed by atoms with van der Waals surface area (Å²) in [6, 6.07) is 1.39. The molecule has 0 bridgehead atoms. The van der Waals surface area contributed by atoms with Gasteiger partial charge >= 0.3 is 5.97 Å². The molecule has 5 nitrogen and oxygen atoms in total. The number of nitrogens with one attached hydrogen (secondary N) is 1. The number of carboxylic acids is 1. The number of hydrogen-bond donors (Lipinski definition) is 3. The highest BCUT2D eigenvalue weighted by Crippen LogP contribution is 2.01. The Labute approximate surface area is 79.9 Å². The van der Waals surface area contributed by atoms with Gasteiger partial charge in [-0.2, -0.15) is 0 Å². The number of amides is 1. The minimum atomic E-state index is -1.05. The van der Waals surface area contributed by atoms with Crippen molar-refractivity contribution in [3.05, 3.63) is 23.5 Å². The lowest BCUT2D eigenvalue weighted by molar-refractivity contribution is -0.117. The van der Waals surface area contributed by atoms with Gasteiger partial charge in [0.2, 0.25) is 5.91 Å². The highest BCUT2D eigenvalue weighted by atomic mass is 16.4. The number of aromatic amines is 1. The second-order valence-corrected chi connectivity index (χ2v) is 2.55. The van der Waals surface area contributed by atoms with E-state index in [0.29, 0.717) is 5.56 Å². The Balaban J connectivity index is 2.71. The Bertz CT molecular complexity index is 423. The average molecular weight is 192 g/mol. The molecule has 14 heavy (non-hydrogen) atoms. The summed E-state index contributed by atoms with van der Waals surface area (Å²) in [6.07, 6.45) is 1.42. The summed E-state index contributed by atoms with van der Waals surface area (Å²) in [4.78, 5) is 23.3. The Morgan fingerprint density at radius 1 is 1.57 bits per heavy atom. The van der Waals surface area contributed by atoms with Gasteiger partial charge in [-0.3, -0.25) is 4.79 Å². The summed E-state index contributed by atoms with van der Waals surface area (Å²) < 4.78 is 0. The van der Waals surface area contributed by atoms with Crippen molar-refractivity contribution >= 4 is 11.9 Å². The maximum Gasteiger partial charge on any atom is 0.352 e. The summed E-state index contributed by atoms with van der Waals surface area (Å²) in [5.74, 6) is 3.57. The number of primary amides is 1. The first-order chi connectivity index (χ1) is 6.59. The number of carbonyl (C=O) groups excluding carboxylic acids is 1. The van der Waals surface area contributed by atoms with Crippen LogP contribution in [0.25, 0.3) is 0 Å². The zero-order chi connectivity index (χ0) is 10.6. The Kier molecular flexibility index (Phi) is 2.92. The van der Waals surface area contributed by atoms with E-state index in [-0.39, 0.29) is 12.1 Å². The minimum absolute atomic E-state index is 0.0341. The van der Waals surface area contributed by atoms with Crippen molar-refractivity contribution < 1.29 is 14.7 Å². The quantitative estimate of drug-likeness (QED) is 0.572. The highest BCUT2D eigenvalue weighted by Gasteiger charge is 2.03. The molecule has 0 aliphatic rings. The molecular formula is C9H8N2O3. The van der Waals surface area contributed by atoms with E-state index in [4.69, 9.17) is 10.8 Å². The lowest BCUT2D eigenvalue weighted by atomic mass is 10.3. The van der Waals surface area contributed by atoms with Crippen molar-refractivity contribution in [2.24, 2.45) is 5.73 Å². The fourth-order valence-electron chi connectivity index (χ4n) is 0.823. The smallest absolute Gasteiger partial charge is 0.352 e. The lowest BCUT2D eigenvalue weighted by Gasteiger charge is -1.81. The first-order valence-corrected chi connectivity index (χ1v) is 3.78. The van der Waals surface area contributed by atoms with Crippen LogP contribution >= 0.6 is 0 Å². The standard InChI is InChI=1S/C9H8N2O3/c10-8(12)3-1-2-6-4-7(9(13)14)11-5-6/h4-5,11H,3H2,(H2,10,12)(H,13,14).